The van der Waals surface area contributed by atoms with Crippen LogP contribution in [-0.4, -0.2) is 36.2 Å². The van der Waals surface area contributed by atoms with Crippen LogP contribution in [0.5, 0.6) is 5.75 Å². The van der Waals surface area contributed by atoms with E-state index in [1.165, 1.54) is 19.2 Å². The summed E-state index contributed by atoms with van der Waals surface area (Å²) in [6.45, 7) is 0.999. The number of methoxy groups -OCH3 is 1. The molecular formula is C20H20Cl2FNO3. The van der Waals surface area contributed by atoms with E-state index < -0.39 is 23.7 Å². The summed E-state index contributed by atoms with van der Waals surface area (Å²) < 4.78 is 19.5. The number of carboxylic acid groups (broad SMARTS) is 1. The van der Waals surface area contributed by atoms with Crippen LogP contribution in [0.15, 0.2) is 36.4 Å². The van der Waals surface area contributed by atoms with Crippen molar-refractivity contribution < 1.29 is 19.0 Å². The Hall–Kier alpha value is -1.82. The van der Waals surface area contributed by atoms with Crippen molar-refractivity contribution in [2.24, 2.45) is 5.92 Å². The Morgan fingerprint density at radius 1 is 1.30 bits per heavy atom. The lowest BCUT2D eigenvalue weighted by Gasteiger charge is -2.38. The first kappa shape index (κ1) is 19.9. The van der Waals surface area contributed by atoms with Crippen LogP contribution in [0.1, 0.15) is 30.0 Å². The van der Waals surface area contributed by atoms with Gasteiger partial charge < -0.3 is 9.84 Å². The van der Waals surface area contributed by atoms with Crippen molar-refractivity contribution in [1.29, 1.82) is 0 Å². The molecule has 0 aromatic heterocycles. The lowest BCUT2D eigenvalue weighted by atomic mass is 9.91. The van der Waals surface area contributed by atoms with E-state index in [2.05, 4.69) is 0 Å². The van der Waals surface area contributed by atoms with Crippen LogP contribution < -0.4 is 4.74 Å². The van der Waals surface area contributed by atoms with Crippen molar-refractivity contribution in [2.75, 3.05) is 20.2 Å². The highest BCUT2D eigenvalue weighted by atomic mass is 35.5. The average molecular weight is 412 g/mol. The first-order chi connectivity index (χ1) is 12.9. The van der Waals surface area contributed by atoms with Gasteiger partial charge in [0.15, 0.2) is 0 Å². The average Bonchev–Trinajstić information content (AvgIpc) is 2.66. The van der Waals surface area contributed by atoms with Gasteiger partial charge >= 0.3 is 5.97 Å². The molecule has 1 aliphatic rings. The van der Waals surface area contributed by atoms with Gasteiger partial charge in [0.1, 0.15) is 11.6 Å². The fraction of sp³-hybridized carbons (Fsp3) is 0.350. The zero-order chi connectivity index (χ0) is 19.6. The first-order valence-electron chi connectivity index (χ1n) is 8.66. The molecule has 0 amide bonds. The number of hydrogen-bond donors (Lipinski definition) is 1. The van der Waals surface area contributed by atoms with E-state index in [0.29, 0.717) is 46.4 Å². The van der Waals surface area contributed by atoms with Crippen molar-refractivity contribution in [1.82, 2.24) is 4.90 Å². The number of halogens is 3. The van der Waals surface area contributed by atoms with Gasteiger partial charge in [-0.2, -0.15) is 0 Å². The monoisotopic (exact) mass is 411 g/mol. The summed E-state index contributed by atoms with van der Waals surface area (Å²) in [6.07, 6.45) is 1.34. The van der Waals surface area contributed by atoms with Crippen LogP contribution in [0.25, 0.3) is 0 Å². The summed E-state index contributed by atoms with van der Waals surface area (Å²) in [6, 6.07) is 9.12. The van der Waals surface area contributed by atoms with Crippen LogP contribution in [0.3, 0.4) is 0 Å². The van der Waals surface area contributed by atoms with Crippen LogP contribution >= 0.6 is 23.2 Å². The number of carboxylic acids is 1. The molecule has 144 valence electrons. The predicted molar refractivity (Wildman–Crippen MR) is 103 cm³/mol. The molecule has 1 heterocycles. The van der Waals surface area contributed by atoms with E-state index in [9.17, 15) is 14.3 Å². The van der Waals surface area contributed by atoms with Gasteiger partial charge in [-0.3, -0.25) is 9.69 Å². The molecule has 0 aliphatic carbocycles. The summed E-state index contributed by atoms with van der Waals surface area (Å²) in [5.41, 5.74) is 1.28. The first-order valence-corrected chi connectivity index (χ1v) is 9.42. The third-order valence-corrected chi connectivity index (χ3v) is 5.76. The molecule has 2 atom stereocenters. The van der Waals surface area contributed by atoms with Gasteiger partial charge in [0, 0.05) is 12.1 Å². The molecule has 0 bridgehead atoms. The molecule has 27 heavy (non-hydrogen) atoms. The van der Waals surface area contributed by atoms with E-state index >= 15 is 0 Å². The zero-order valence-corrected chi connectivity index (χ0v) is 16.3. The van der Waals surface area contributed by atoms with E-state index in [1.54, 1.807) is 18.2 Å². The van der Waals surface area contributed by atoms with Crippen LogP contribution in [0, 0.1) is 11.7 Å². The lowest BCUT2D eigenvalue weighted by Crippen LogP contribution is -2.41. The molecule has 0 spiro atoms. The van der Waals surface area contributed by atoms with Crippen LogP contribution in [-0.2, 0) is 4.79 Å². The van der Waals surface area contributed by atoms with Gasteiger partial charge in [-0.1, -0.05) is 35.3 Å². The second kappa shape index (κ2) is 8.46. The minimum Gasteiger partial charge on any atom is -0.496 e. The minimum absolute atomic E-state index is 0.336. The maximum absolute atomic E-state index is 14.1. The number of ether oxygens (including phenoxy) is 1. The Kier molecular flexibility index (Phi) is 6.25. The van der Waals surface area contributed by atoms with Gasteiger partial charge in [0.2, 0.25) is 0 Å². The van der Waals surface area contributed by atoms with Crippen molar-refractivity contribution in [3.63, 3.8) is 0 Å². The SMILES string of the molecule is COc1ccc(F)cc1[C@@H](c1cccc(Cl)c1Cl)N1CCC[C@@H](C(=O)O)C1. The van der Waals surface area contributed by atoms with E-state index in [4.69, 9.17) is 27.9 Å². The standard InChI is InChI=1S/C20H20Cl2FNO3/c1-27-17-8-7-13(23)10-15(17)19(14-5-2-6-16(21)18(14)22)24-9-3-4-12(11-24)20(25)26/h2,5-8,10,12,19H,3-4,9,11H2,1H3,(H,25,26)/t12-,19-/m1/s1. The normalized spacial score (nSPS) is 18.9. The Labute approximate surface area is 167 Å². The van der Waals surface area contributed by atoms with Crippen molar-refractivity contribution in [3.8, 4) is 5.75 Å². The maximum Gasteiger partial charge on any atom is 0.307 e. The predicted octanol–water partition coefficient (Wildman–Crippen LogP) is 5.03. The van der Waals surface area contributed by atoms with Crippen molar-refractivity contribution in [2.45, 2.75) is 18.9 Å². The highest BCUT2D eigenvalue weighted by molar-refractivity contribution is 6.42. The van der Waals surface area contributed by atoms with Gasteiger partial charge in [-0.05, 0) is 49.2 Å². The molecule has 0 unspecified atom stereocenters. The molecule has 1 fully saturated rings. The van der Waals surface area contributed by atoms with Crippen LogP contribution in [0.2, 0.25) is 10.0 Å². The molecule has 0 radical (unpaired) electrons. The number of nitrogens with zero attached hydrogens (tertiary/aromatic N) is 1. The third kappa shape index (κ3) is 4.21. The van der Waals surface area contributed by atoms with Gasteiger partial charge in [-0.15, -0.1) is 0 Å². The zero-order valence-electron chi connectivity index (χ0n) is 14.8. The molecule has 2 aromatic carbocycles. The topological polar surface area (TPSA) is 49.8 Å². The molecule has 7 heteroatoms. The number of hydrogen-bond acceptors (Lipinski definition) is 3. The van der Waals surface area contributed by atoms with E-state index in [-0.39, 0.29) is 0 Å². The summed E-state index contributed by atoms with van der Waals surface area (Å²) in [7, 11) is 1.52. The van der Waals surface area contributed by atoms with Crippen molar-refractivity contribution >= 4 is 29.2 Å². The molecule has 0 saturated carbocycles. The summed E-state index contributed by atoms with van der Waals surface area (Å²) in [5, 5.41) is 10.2. The van der Waals surface area contributed by atoms with Crippen LogP contribution in [0.4, 0.5) is 4.39 Å². The Morgan fingerprint density at radius 2 is 2.07 bits per heavy atom. The number of benzene rings is 2. The number of piperidine rings is 1. The molecule has 3 rings (SSSR count). The second-order valence-electron chi connectivity index (χ2n) is 6.60. The maximum atomic E-state index is 14.1. The smallest absolute Gasteiger partial charge is 0.307 e. The Bertz CT molecular complexity index is 846. The summed E-state index contributed by atoms with van der Waals surface area (Å²) >= 11 is 12.7. The lowest BCUT2D eigenvalue weighted by molar-refractivity contribution is -0.143. The fourth-order valence-corrected chi connectivity index (χ4v) is 4.07. The fourth-order valence-electron chi connectivity index (χ4n) is 3.65. The molecule has 1 aliphatic heterocycles. The molecule has 1 saturated heterocycles. The third-order valence-electron chi connectivity index (χ3n) is 4.93. The quantitative estimate of drug-likeness (QED) is 0.749. The number of carbonyl (C=O) groups is 1. The number of aliphatic carboxylic acids is 1. The van der Waals surface area contributed by atoms with Gasteiger partial charge in [0.25, 0.3) is 0 Å². The number of rotatable bonds is 5. The van der Waals surface area contributed by atoms with E-state index in [0.717, 1.165) is 6.42 Å². The van der Waals surface area contributed by atoms with Gasteiger partial charge in [0.05, 0.1) is 29.1 Å². The number of likely N-dealkylation sites (tertiary alicyclic amines) is 1. The molecular weight excluding hydrogens is 392 g/mol. The molecule has 4 nitrogen and oxygen atoms in total. The van der Waals surface area contributed by atoms with Crippen molar-refractivity contribution in [3.05, 3.63) is 63.4 Å². The van der Waals surface area contributed by atoms with E-state index in [1.807, 2.05) is 11.0 Å². The summed E-state index contributed by atoms with van der Waals surface area (Å²) in [5.74, 6) is -1.21. The summed E-state index contributed by atoms with van der Waals surface area (Å²) in [4.78, 5) is 13.5. The molecule has 1 N–H and O–H groups in total. The largest absolute Gasteiger partial charge is 0.496 e. The minimum atomic E-state index is -0.832. The highest BCUT2D eigenvalue weighted by Gasteiger charge is 2.34. The highest BCUT2D eigenvalue weighted by Crippen LogP contribution is 2.41. The molecule has 2 aromatic rings. The Balaban J connectivity index is 2.14. The Morgan fingerprint density at radius 3 is 2.78 bits per heavy atom. The van der Waals surface area contributed by atoms with Gasteiger partial charge in [-0.25, -0.2) is 4.39 Å². The second-order valence-corrected chi connectivity index (χ2v) is 7.39.